The summed E-state index contributed by atoms with van der Waals surface area (Å²) in [7, 11) is 0. The maximum atomic E-state index is 2.27. The number of benzene rings is 1. The van der Waals surface area contributed by atoms with Gasteiger partial charge in [0.05, 0.1) is 0 Å². The zero-order valence-electron chi connectivity index (χ0n) is 11.9. The van der Waals surface area contributed by atoms with Crippen molar-refractivity contribution >= 4 is 10.9 Å². The zero-order valence-corrected chi connectivity index (χ0v) is 11.9. The van der Waals surface area contributed by atoms with E-state index < -0.39 is 0 Å². The van der Waals surface area contributed by atoms with Gasteiger partial charge in [0.1, 0.15) is 0 Å². The number of fused-ring (bicyclic) bond motifs is 1. The second-order valence-electron chi connectivity index (χ2n) is 3.88. The van der Waals surface area contributed by atoms with Gasteiger partial charge in [-0.25, -0.2) is 0 Å². The molecule has 0 spiro atoms. The Kier molecular flexibility index (Phi) is 5.99. The minimum Gasteiger partial charge on any atom is -0.348 e. The molecule has 0 fully saturated rings. The van der Waals surface area contributed by atoms with Crippen LogP contribution in [0.25, 0.3) is 10.9 Å². The summed E-state index contributed by atoms with van der Waals surface area (Å²) >= 11 is 0. The van der Waals surface area contributed by atoms with Crippen LogP contribution in [0.1, 0.15) is 26.3 Å². The molecule has 1 aromatic heterocycles. The molecule has 1 heterocycles. The second-order valence-corrected chi connectivity index (χ2v) is 3.88. The zero-order chi connectivity index (χ0) is 13.4. The Morgan fingerprint density at radius 2 is 1.56 bits per heavy atom. The summed E-state index contributed by atoms with van der Waals surface area (Å²) in [5.74, 6) is 0. The van der Waals surface area contributed by atoms with Crippen molar-refractivity contribution in [2.45, 2.75) is 34.2 Å². The summed E-state index contributed by atoms with van der Waals surface area (Å²) in [4.78, 5) is 0. The first-order valence-corrected chi connectivity index (χ1v) is 6.70. The highest BCUT2D eigenvalue weighted by atomic mass is 14.9. The van der Waals surface area contributed by atoms with Crippen LogP contribution < -0.4 is 0 Å². The average molecular weight is 241 g/mol. The van der Waals surface area contributed by atoms with E-state index in [1.54, 1.807) is 0 Å². The van der Waals surface area contributed by atoms with Gasteiger partial charge in [-0.1, -0.05) is 50.2 Å². The lowest BCUT2D eigenvalue weighted by Gasteiger charge is -2.05. The second kappa shape index (κ2) is 7.54. The predicted molar refractivity (Wildman–Crippen MR) is 81.3 cm³/mol. The van der Waals surface area contributed by atoms with Crippen LogP contribution >= 0.6 is 0 Å². The molecule has 96 valence electrons. The van der Waals surface area contributed by atoms with Crippen LogP contribution in [0.2, 0.25) is 0 Å². The number of aromatic nitrogens is 1. The molecular formula is C17H23N. The van der Waals surface area contributed by atoms with Gasteiger partial charge in [-0.2, -0.15) is 0 Å². The lowest BCUT2D eigenvalue weighted by molar-refractivity contribution is 0.791. The van der Waals surface area contributed by atoms with E-state index in [-0.39, 0.29) is 0 Å². The Labute approximate surface area is 110 Å². The van der Waals surface area contributed by atoms with Crippen LogP contribution in [-0.2, 0) is 6.54 Å². The van der Waals surface area contributed by atoms with E-state index in [0.717, 1.165) is 6.54 Å². The van der Waals surface area contributed by atoms with Crippen LogP contribution in [0.3, 0.4) is 0 Å². The molecule has 0 amide bonds. The first kappa shape index (κ1) is 14.3. The molecule has 0 saturated carbocycles. The fourth-order valence-electron chi connectivity index (χ4n) is 1.92. The Balaban J connectivity index is 0.000000771. The van der Waals surface area contributed by atoms with Gasteiger partial charge in [-0.3, -0.25) is 0 Å². The number of hydrogen-bond donors (Lipinski definition) is 0. The van der Waals surface area contributed by atoms with Gasteiger partial charge < -0.3 is 4.57 Å². The first-order valence-electron chi connectivity index (χ1n) is 6.70. The molecule has 0 aliphatic carbocycles. The lowest BCUT2D eigenvalue weighted by atomic mass is 10.1. The maximum absolute atomic E-state index is 2.27. The number of aryl methyl sites for hydroxylation is 2. The summed E-state index contributed by atoms with van der Waals surface area (Å²) in [5.41, 5.74) is 2.58. The van der Waals surface area contributed by atoms with Gasteiger partial charge in [-0.15, -0.1) is 0 Å². The van der Waals surface area contributed by atoms with Crippen molar-refractivity contribution in [3.8, 4) is 0 Å². The summed E-state index contributed by atoms with van der Waals surface area (Å²) < 4.78 is 2.27. The normalized spacial score (nSPS) is 9.33. The van der Waals surface area contributed by atoms with Crippen molar-refractivity contribution in [2.24, 2.45) is 0 Å². The highest BCUT2D eigenvalue weighted by Crippen LogP contribution is 2.15. The fraction of sp³-hybridized carbons (Fsp3) is 0.294. The summed E-state index contributed by atoms with van der Waals surface area (Å²) in [6.45, 7) is 9.30. The SMILES string of the molecule is CC.CCn1cccccc(C)c2ccccc21. The molecule has 0 saturated heterocycles. The van der Waals surface area contributed by atoms with Crippen LogP contribution in [0.15, 0.2) is 54.7 Å². The van der Waals surface area contributed by atoms with Gasteiger partial charge in [0.25, 0.3) is 0 Å². The van der Waals surface area contributed by atoms with E-state index in [1.807, 2.05) is 13.8 Å². The van der Waals surface area contributed by atoms with Crippen molar-refractivity contribution in [3.05, 3.63) is 60.3 Å². The Bertz CT molecular complexity index is 536. The smallest absolute Gasteiger partial charge is 0.0482 e. The van der Waals surface area contributed by atoms with E-state index in [4.69, 9.17) is 0 Å². The molecular weight excluding hydrogens is 218 g/mol. The monoisotopic (exact) mass is 241 g/mol. The minimum atomic E-state index is 0.981. The van der Waals surface area contributed by atoms with Crippen LogP contribution in [0.4, 0.5) is 0 Å². The van der Waals surface area contributed by atoms with Crippen molar-refractivity contribution in [2.75, 3.05) is 0 Å². The third kappa shape index (κ3) is 3.36. The number of rotatable bonds is 1. The standard InChI is InChI=1S/C15H17N.C2H6/c1-3-16-12-8-4-5-9-13(2)14-10-6-7-11-15(14)16;1-2/h4-12H,3H2,1-2H3;1-2H3. The molecule has 0 aliphatic rings. The fourth-order valence-corrected chi connectivity index (χ4v) is 1.92. The number of hydrogen-bond acceptors (Lipinski definition) is 0. The highest BCUT2D eigenvalue weighted by molar-refractivity contribution is 5.81. The van der Waals surface area contributed by atoms with Crippen molar-refractivity contribution in [3.63, 3.8) is 0 Å². The third-order valence-electron chi connectivity index (χ3n) is 2.81. The van der Waals surface area contributed by atoms with E-state index in [9.17, 15) is 0 Å². The number of nitrogens with zero attached hydrogens (tertiary/aromatic N) is 1. The Hall–Kier alpha value is -1.76. The third-order valence-corrected chi connectivity index (χ3v) is 2.81. The minimum absolute atomic E-state index is 0.981. The van der Waals surface area contributed by atoms with E-state index >= 15 is 0 Å². The van der Waals surface area contributed by atoms with Crippen LogP contribution in [-0.4, -0.2) is 4.57 Å². The van der Waals surface area contributed by atoms with Crippen molar-refractivity contribution in [1.82, 2.24) is 4.57 Å². The molecule has 1 aromatic carbocycles. The van der Waals surface area contributed by atoms with Crippen LogP contribution in [0, 0.1) is 6.92 Å². The Morgan fingerprint density at radius 1 is 0.889 bits per heavy atom. The van der Waals surface area contributed by atoms with Crippen molar-refractivity contribution < 1.29 is 0 Å². The predicted octanol–water partition coefficient (Wildman–Crippen LogP) is 5.12. The molecule has 1 nitrogen and oxygen atoms in total. The van der Waals surface area contributed by atoms with Gasteiger partial charge in [0.2, 0.25) is 0 Å². The first-order chi connectivity index (χ1) is 8.83. The average Bonchev–Trinajstić information content (AvgIpc) is 2.51. The van der Waals surface area contributed by atoms with Gasteiger partial charge in [0, 0.05) is 23.6 Å². The molecule has 0 atom stereocenters. The Morgan fingerprint density at radius 3 is 2.28 bits per heavy atom. The van der Waals surface area contributed by atoms with E-state index in [1.165, 1.54) is 16.5 Å². The summed E-state index contributed by atoms with van der Waals surface area (Å²) in [6.07, 6.45) is 2.13. The molecule has 2 rings (SSSR count). The molecule has 0 radical (unpaired) electrons. The summed E-state index contributed by atoms with van der Waals surface area (Å²) in [5, 5.41) is 1.31. The van der Waals surface area contributed by atoms with Gasteiger partial charge in [-0.05, 0) is 31.5 Å². The molecule has 0 unspecified atom stereocenters. The maximum Gasteiger partial charge on any atom is 0.0482 e. The summed E-state index contributed by atoms with van der Waals surface area (Å²) in [6, 6.07) is 16.9. The lowest BCUT2D eigenvalue weighted by Crippen LogP contribution is -1.94. The van der Waals surface area contributed by atoms with Crippen molar-refractivity contribution in [1.29, 1.82) is 0 Å². The van der Waals surface area contributed by atoms with Gasteiger partial charge in [0.15, 0.2) is 0 Å². The number of para-hydroxylation sites is 1. The molecule has 2 aromatic rings. The molecule has 18 heavy (non-hydrogen) atoms. The molecule has 1 heteroatoms. The largest absolute Gasteiger partial charge is 0.348 e. The highest BCUT2D eigenvalue weighted by Gasteiger charge is 1.95. The molecule has 0 N–H and O–H groups in total. The quantitative estimate of drug-likeness (QED) is 0.653. The van der Waals surface area contributed by atoms with Crippen LogP contribution in [0.5, 0.6) is 0 Å². The molecule has 0 bridgehead atoms. The molecule has 0 aliphatic heterocycles. The van der Waals surface area contributed by atoms with Gasteiger partial charge >= 0.3 is 0 Å². The van der Waals surface area contributed by atoms with E-state index in [2.05, 4.69) is 73.1 Å². The van der Waals surface area contributed by atoms with E-state index in [0.29, 0.717) is 0 Å². The topological polar surface area (TPSA) is 4.93 Å².